The molecule has 2 heterocycles. The number of rotatable bonds is 4. The lowest BCUT2D eigenvalue weighted by molar-refractivity contribution is -0.274. The van der Waals surface area contributed by atoms with Crippen molar-refractivity contribution in [3.8, 4) is 16.5 Å². The molecule has 0 aliphatic rings. The van der Waals surface area contributed by atoms with Crippen LogP contribution in [0.25, 0.3) is 10.8 Å². The zero-order valence-electron chi connectivity index (χ0n) is 12.0. The fourth-order valence-corrected chi connectivity index (χ4v) is 2.77. The average Bonchev–Trinajstić information content (AvgIpc) is 3.14. The SMILES string of the molecule is O=C(Nc1nnc(-c2ccc(Cl)s2)o1)c1cccc(OC(F)(F)F)c1. The number of aromatic nitrogens is 2. The maximum atomic E-state index is 12.2. The van der Waals surface area contributed by atoms with E-state index in [1.807, 2.05) is 0 Å². The third-order valence-corrected chi connectivity index (χ3v) is 3.98. The van der Waals surface area contributed by atoms with Crippen molar-refractivity contribution >= 4 is 34.9 Å². The predicted molar refractivity (Wildman–Crippen MR) is 83.7 cm³/mol. The van der Waals surface area contributed by atoms with E-state index in [1.165, 1.54) is 23.5 Å². The molecule has 2 aromatic heterocycles. The van der Waals surface area contributed by atoms with Gasteiger partial charge in [-0.05, 0) is 30.3 Å². The van der Waals surface area contributed by atoms with E-state index in [0.29, 0.717) is 9.21 Å². The van der Waals surface area contributed by atoms with Gasteiger partial charge in [-0.3, -0.25) is 10.1 Å². The minimum atomic E-state index is -4.85. The maximum absolute atomic E-state index is 12.2. The Hall–Kier alpha value is -2.59. The molecule has 1 amide bonds. The molecule has 0 bridgehead atoms. The molecule has 0 fully saturated rings. The van der Waals surface area contributed by atoms with E-state index in [0.717, 1.165) is 12.1 Å². The second-order valence-corrected chi connectivity index (χ2v) is 6.26. The van der Waals surface area contributed by atoms with Gasteiger partial charge < -0.3 is 9.15 Å². The van der Waals surface area contributed by atoms with Gasteiger partial charge in [0, 0.05) is 5.56 Å². The molecule has 0 saturated carbocycles. The number of alkyl halides is 3. The Morgan fingerprint density at radius 3 is 2.72 bits per heavy atom. The monoisotopic (exact) mass is 389 g/mol. The lowest BCUT2D eigenvalue weighted by Gasteiger charge is -2.09. The number of nitrogens with zero attached hydrogens (tertiary/aromatic N) is 2. The Balaban J connectivity index is 1.72. The molecule has 6 nitrogen and oxygen atoms in total. The van der Waals surface area contributed by atoms with Crippen LogP contribution in [0, 0.1) is 0 Å². The van der Waals surface area contributed by atoms with Crippen molar-refractivity contribution in [3.63, 3.8) is 0 Å². The summed E-state index contributed by atoms with van der Waals surface area (Å²) in [5, 5.41) is 9.71. The minimum Gasteiger partial charge on any atom is -0.406 e. The molecule has 0 radical (unpaired) electrons. The summed E-state index contributed by atoms with van der Waals surface area (Å²) in [6.45, 7) is 0. The summed E-state index contributed by atoms with van der Waals surface area (Å²) in [6, 6.07) is 7.71. The number of hydrogen-bond acceptors (Lipinski definition) is 6. The molecule has 3 aromatic rings. The Kier molecular flexibility index (Phi) is 4.64. The van der Waals surface area contributed by atoms with Crippen LogP contribution in [-0.4, -0.2) is 22.5 Å². The van der Waals surface area contributed by atoms with Crippen molar-refractivity contribution in [3.05, 3.63) is 46.3 Å². The number of thiophene rings is 1. The summed E-state index contributed by atoms with van der Waals surface area (Å²) in [5.74, 6) is -1.09. The first-order valence-electron chi connectivity index (χ1n) is 6.56. The van der Waals surface area contributed by atoms with E-state index in [9.17, 15) is 18.0 Å². The number of carbonyl (C=O) groups excluding carboxylic acids is 1. The van der Waals surface area contributed by atoms with Gasteiger partial charge in [0.2, 0.25) is 0 Å². The molecule has 0 saturated heterocycles. The van der Waals surface area contributed by atoms with Gasteiger partial charge in [0.15, 0.2) is 0 Å². The quantitative estimate of drug-likeness (QED) is 0.705. The van der Waals surface area contributed by atoms with Crippen LogP contribution in [0.15, 0.2) is 40.8 Å². The number of benzene rings is 1. The highest BCUT2D eigenvalue weighted by Crippen LogP contribution is 2.30. The van der Waals surface area contributed by atoms with E-state index < -0.39 is 18.0 Å². The van der Waals surface area contributed by atoms with Crippen LogP contribution < -0.4 is 10.1 Å². The molecule has 0 atom stereocenters. The summed E-state index contributed by atoms with van der Waals surface area (Å²) in [7, 11) is 0. The first-order valence-corrected chi connectivity index (χ1v) is 7.76. The van der Waals surface area contributed by atoms with Crippen molar-refractivity contribution in [1.82, 2.24) is 10.2 Å². The summed E-state index contributed by atoms with van der Waals surface area (Å²) >= 11 is 7.02. The van der Waals surface area contributed by atoms with Crippen molar-refractivity contribution in [2.24, 2.45) is 0 Å². The van der Waals surface area contributed by atoms with Gasteiger partial charge in [-0.2, -0.15) is 0 Å². The van der Waals surface area contributed by atoms with E-state index >= 15 is 0 Å². The average molecular weight is 390 g/mol. The Morgan fingerprint density at radius 1 is 1.24 bits per heavy atom. The number of ether oxygens (including phenoxy) is 1. The van der Waals surface area contributed by atoms with Gasteiger partial charge in [0.25, 0.3) is 11.8 Å². The lowest BCUT2D eigenvalue weighted by Crippen LogP contribution is -2.18. The van der Waals surface area contributed by atoms with Crippen LogP contribution in [0.5, 0.6) is 5.75 Å². The highest BCUT2D eigenvalue weighted by Gasteiger charge is 2.31. The van der Waals surface area contributed by atoms with Crippen LogP contribution in [0.2, 0.25) is 4.34 Å². The molecule has 1 N–H and O–H groups in total. The number of anilines is 1. The van der Waals surface area contributed by atoms with E-state index in [-0.39, 0.29) is 17.5 Å². The minimum absolute atomic E-state index is 0.0688. The van der Waals surface area contributed by atoms with Gasteiger partial charge in [-0.15, -0.1) is 29.6 Å². The molecule has 0 spiro atoms. The van der Waals surface area contributed by atoms with E-state index in [4.69, 9.17) is 16.0 Å². The van der Waals surface area contributed by atoms with Crippen LogP contribution in [-0.2, 0) is 0 Å². The van der Waals surface area contributed by atoms with Crippen LogP contribution in [0.4, 0.5) is 19.2 Å². The number of halogens is 4. The molecular formula is C14H7ClF3N3O3S. The van der Waals surface area contributed by atoms with Crippen molar-refractivity contribution in [1.29, 1.82) is 0 Å². The zero-order valence-corrected chi connectivity index (χ0v) is 13.6. The van der Waals surface area contributed by atoms with Crippen LogP contribution in [0.3, 0.4) is 0 Å². The normalized spacial score (nSPS) is 11.4. The highest BCUT2D eigenvalue weighted by molar-refractivity contribution is 7.19. The first kappa shape index (κ1) is 17.2. The lowest BCUT2D eigenvalue weighted by atomic mass is 10.2. The Bertz CT molecular complexity index is 910. The van der Waals surface area contributed by atoms with Gasteiger partial charge in [0.1, 0.15) is 5.75 Å². The van der Waals surface area contributed by atoms with Gasteiger partial charge >= 0.3 is 12.4 Å². The molecule has 11 heteroatoms. The van der Waals surface area contributed by atoms with Crippen molar-refractivity contribution in [2.45, 2.75) is 6.36 Å². The highest BCUT2D eigenvalue weighted by atomic mass is 35.5. The number of carbonyl (C=O) groups is 1. The topological polar surface area (TPSA) is 77.3 Å². The Labute approximate surface area is 147 Å². The molecule has 3 rings (SSSR count). The van der Waals surface area contributed by atoms with Gasteiger partial charge in [-0.1, -0.05) is 22.8 Å². The molecular weight excluding hydrogens is 383 g/mol. The second kappa shape index (κ2) is 6.73. The van der Waals surface area contributed by atoms with Gasteiger partial charge in [-0.25, -0.2) is 0 Å². The van der Waals surface area contributed by atoms with Gasteiger partial charge in [0.05, 0.1) is 9.21 Å². The molecule has 0 aliphatic heterocycles. The van der Waals surface area contributed by atoms with Crippen LogP contribution in [0.1, 0.15) is 10.4 Å². The summed E-state index contributed by atoms with van der Waals surface area (Å²) in [4.78, 5) is 12.7. The summed E-state index contributed by atoms with van der Waals surface area (Å²) in [5.41, 5.74) is -0.0688. The fourth-order valence-electron chi connectivity index (χ4n) is 1.81. The molecule has 0 unspecified atom stereocenters. The number of nitrogens with one attached hydrogen (secondary N) is 1. The molecule has 1 aromatic carbocycles. The molecule has 25 heavy (non-hydrogen) atoms. The smallest absolute Gasteiger partial charge is 0.406 e. The number of amides is 1. The first-order chi connectivity index (χ1) is 11.8. The standard InChI is InChI=1S/C14H7ClF3N3O3S/c15-10-5-4-9(25-10)12-20-21-13(23-12)19-11(22)7-2-1-3-8(6-7)24-14(16,17)18/h1-6H,(H,19,21,22). The summed E-state index contributed by atoms with van der Waals surface area (Å²) in [6.07, 6.45) is -4.85. The fraction of sp³-hybridized carbons (Fsp3) is 0.0714. The summed E-state index contributed by atoms with van der Waals surface area (Å²) < 4.78 is 46.2. The Morgan fingerprint density at radius 2 is 2.04 bits per heavy atom. The third kappa shape index (κ3) is 4.48. The zero-order chi connectivity index (χ0) is 18.0. The molecule has 130 valence electrons. The van der Waals surface area contributed by atoms with E-state index in [1.54, 1.807) is 12.1 Å². The largest absolute Gasteiger partial charge is 0.573 e. The van der Waals surface area contributed by atoms with Crippen molar-refractivity contribution < 1.29 is 27.1 Å². The van der Waals surface area contributed by atoms with Crippen molar-refractivity contribution in [2.75, 3.05) is 5.32 Å². The van der Waals surface area contributed by atoms with Crippen LogP contribution >= 0.6 is 22.9 Å². The second-order valence-electron chi connectivity index (χ2n) is 4.55. The third-order valence-electron chi connectivity index (χ3n) is 2.76. The maximum Gasteiger partial charge on any atom is 0.573 e. The molecule has 0 aliphatic carbocycles. The van der Waals surface area contributed by atoms with E-state index in [2.05, 4.69) is 20.3 Å². The predicted octanol–water partition coefficient (Wildman–Crippen LogP) is 4.60. The number of hydrogen-bond donors (Lipinski definition) is 1.